The van der Waals surface area contributed by atoms with Gasteiger partial charge in [-0.05, 0) is 38.3 Å². The monoisotopic (exact) mass is 435 g/mol. The smallest absolute Gasteiger partial charge is 0.259 e. The molecule has 3 rings (SSSR count). The number of piperidine rings is 1. The quantitative estimate of drug-likeness (QED) is 0.667. The molecule has 0 bridgehead atoms. The number of halogens is 2. The van der Waals surface area contributed by atoms with Gasteiger partial charge in [0.1, 0.15) is 22.8 Å². The zero-order valence-electron chi connectivity index (χ0n) is 17.6. The van der Waals surface area contributed by atoms with Crippen molar-refractivity contribution < 1.29 is 18.5 Å². The second kappa shape index (κ2) is 9.60. The van der Waals surface area contributed by atoms with Gasteiger partial charge in [-0.3, -0.25) is 9.59 Å². The van der Waals surface area contributed by atoms with Gasteiger partial charge < -0.3 is 14.3 Å². The number of likely N-dealkylation sites (tertiary alicyclic amines) is 1. The van der Waals surface area contributed by atoms with Crippen LogP contribution in [0.2, 0.25) is 5.02 Å². The van der Waals surface area contributed by atoms with Gasteiger partial charge in [-0.25, -0.2) is 4.39 Å². The summed E-state index contributed by atoms with van der Waals surface area (Å²) in [7, 11) is 1.83. The van der Waals surface area contributed by atoms with Gasteiger partial charge in [-0.1, -0.05) is 36.2 Å². The lowest BCUT2D eigenvalue weighted by molar-refractivity contribution is -0.135. The molecule has 0 N–H and O–H groups in total. The Morgan fingerprint density at radius 1 is 1.33 bits per heavy atom. The van der Waals surface area contributed by atoms with Gasteiger partial charge >= 0.3 is 0 Å². The number of amides is 2. The fourth-order valence-corrected chi connectivity index (χ4v) is 4.08. The Labute approximate surface area is 181 Å². The number of hydrogen-bond donors (Lipinski definition) is 0. The van der Waals surface area contributed by atoms with Gasteiger partial charge in [-0.15, -0.1) is 0 Å². The van der Waals surface area contributed by atoms with E-state index in [-0.39, 0.29) is 39.6 Å². The van der Waals surface area contributed by atoms with Crippen molar-refractivity contribution in [3.8, 4) is 11.3 Å². The molecule has 6 nitrogen and oxygen atoms in total. The Morgan fingerprint density at radius 2 is 2.03 bits per heavy atom. The van der Waals surface area contributed by atoms with E-state index in [0.29, 0.717) is 31.7 Å². The molecule has 1 aromatic heterocycles. The Hall–Kier alpha value is -2.41. The molecule has 1 aliphatic heterocycles. The molecule has 0 unspecified atom stereocenters. The average Bonchev–Trinajstić information content (AvgIpc) is 3.11. The van der Waals surface area contributed by atoms with Crippen LogP contribution in [0.4, 0.5) is 4.39 Å². The van der Waals surface area contributed by atoms with E-state index in [1.54, 1.807) is 22.8 Å². The number of benzene rings is 1. The van der Waals surface area contributed by atoms with E-state index in [0.717, 1.165) is 19.4 Å². The first-order valence-electron chi connectivity index (χ1n) is 10.3. The molecule has 2 aromatic rings. The largest absolute Gasteiger partial charge is 0.360 e. The van der Waals surface area contributed by atoms with E-state index in [1.165, 1.54) is 12.1 Å². The molecule has 0 aliphatic carbocycles. The fraction of sp³-hybridized carbons (Fsp3) is 0.500. The molecule has 0 spiro atoms. The van der Waals surface area contributed by atoms with E-state index in [1.807, 2.05) is 7.05 Å². The minimum absolute atomic E-state index is 0.0574. The normalized spacial score (nSPS) is 14.8. The van der Waals surface area contributed by atoms with E-state index in [2.05, 4.69) is 12.1 Å². The van der Waals surface area contributed by atoms with Crippen molar-refractivity contribution in [1.29, 1.82) is 0 Å². The Kier molecular flexibility index (Phi) is 7.13. The Balaban J connectivity index is 1.74. The summed E-state index contributed by atoms with van der Waals surface area (Å²) in [4.78, 5) is 29.3. The van der Waals surface area contributed by atoms with Gasteiger partial charge in [0.2, 0.25) is 5.91 Å². The first-order chi connectivity index (χ1) is 14.3. The fourth-order valence-electron chi connectivity index (χ4n) is 3.82. The number of nitrogens with zero attached hydrogens (tertiary/aromatic N) is 3. The van der Waals surface area contributed by atoms with Gasteiger partial charge in [0.15, 0.2) is 0 Å². The first kappa shape index (κ1) is 22.3. The predicted octanol–water partition coefficient (Wildman–Crippen LogP) is 4.55. The molecule has 162 valence electrons. The van der Waals surface area contributed by atoms with Crippen LogP contribution in [0.1, 0.15) is 48.7 Å². The van der Waals surface area contributed by atoms with Crippen molar-refractivity contribution in [3.05, 3.63) is 40.4 Å². The Morgan fingerprint density at radius 3 is 2.67 bits per heavy atom. The summed E-state index contributed by atoms with van der Waals surface area (Å²) in [6.07, 6.45) is 3.22. The van der Waals surface area contributed by atoms with Gasteiger partial charge in [-0.2, -0.15) is 0 Å². The third kappa shape index (κ3) is 4.51. The van der Waals surface area contributed by atoms with Crippen LogP contribution in [0.3, 0.4) is 0 Å². The summed E-state index contributed by atoms with van der Waals surface area (Å²) in [5, 5.41) is 4.07. The second-order valence-corrected chi connectivity index (χ2v) is 8.15. The van der Waals surface area contributed by atoms with Crippen molar-refractivity contribution in [2.24, 2.45) is 5.92 Å². The van der Waals surface area contributed by atoms with Gasteiger partial charge in [0.05, 0.1) is 10.6 Å². The van der Waals surface area contributed by atoms with Crippen molar-refractivity contribution in [2.45, 2.75) is 39.5 Å². The summed E-state index contributed by atoms with van der Waals surface area (Å²) < 4.78 is 19.6. The SMILES string of the molecule is CCCCN(C)C(=O)C1CCN(C(=O)c2c(-c3c(F)cccc3Cl)noc2C)CC1. The second-order valence-electron chi connectivity index (χ2n) is 7.74. The van der Waals surface area contributed by atoms with E-state index < -0.39 is 5.82 Å². The highest BCUT2D eigenvalue weighted by atomic mass is 35.5. The van der Waals surface area contributed by atoms with Crippen LogP contribution in [0.25, 0.3) is 11.3 Å². The maximum atomic E-state index is 14.4. The van der Waals surface area contributed by atoms with Crippen molar-refractivity contribution in [1.82, 2.24) is 15.0 Å². The number of hydrogen-bond acceptors (Lipinski definition) is 4. The van der Waals surface area contributed by atoms with Crippen molar-refractivity contribution >= 4 is 23.4 Å². The molecule has 30 heavy (non-hydrogen) atoms. The highest BCUT2D eigenvalue weighted by Gasteiger charge is 2.33. The van der Waals surface area contributed by atoms with Crippen LogP contribution in [-0.2, 0) is 4.79 Å². The Bertz CT molecular complexity index is 902. The number of carbonyl (C=O) groups excluding carboxylic acids is 2. The summed E-state index contributed by atoms with van der Waals surface area (Å²) >= 11 is 6.17. The molecule has 0 atom stereocenters. The zero-order valence-corrected chi connectivity index (χ0v) is 18.3. The van der Waals surface area contributed by atoms with Crippen LogP contribution in [0, 0.1) is 18.7 Å². The predicted molar refractivity (Wildman–Crippen MR) is 113 cm³/mol. The lowest BCUT2D eigenvalue weighted by atomic mass is 9.94. The zero-order chi connectivity index (χ0) is 21.8. The minimum atomic E-state index is -0.565. The third-order valence-corrected chi connectivity index (χ3v) is 5.95. The first-order valence-corrected chi connectivity index (χ1v) is 10.7. The molecule has 1 fully saturated rings. The maximum Gasteiger partial charge on any atom is 0.259 e. The average molecular weight is 436 g/mol. The summed E-state index contributed by atoms with van der Waals surface area (Å²) in [6.45, 7) is 5.37. The highest BCUT2D eigenvalue weighted by Crippen LogP contribution is 2.34. The van der Waals surface area contributed by atoms with Gasteiger partial charge in [0.25, 0.3) is 5.91 Å². The molecule has 1 aromatic carbocycles. The highest BCUT2D eigenvalue weighted by molar-refractivity contribution is 6.33. The molecule has 8 heteroatoms. The van der Waals surface area contributed by atoms with Crippen LogP contribution >= 0.6 is 11.6 Å². The molecule has 0 radical (unpaired) electrons. The summed E-state index contributed by atoms with van der Waals surface area (Å²) in [5.74, 6) is -0.486. The topological polar surface area (TPSA) is 66.7 Å². The summed E-state index contributed by atoms with van der Waals surface area (Å²) in [6, 6.07) is 4.31. The van der Waals surface area contributed by atoms with E-state index in [4.69, 9.17) is 16.1 Å². The third-order valence-electron chi connectivity index (χ3n) is 5.63. The van der Waals surface area contributed by atoms with Gasteiger partial charge in [0, 0.05) is 32.6 Å². The maximum absolute atomic E-state index is 14.4. The van der Waals surface area contributed by atoms with Crippen LogP contribution in [0.5, 0.6) is 0 Å². The molecule has 2 heterocycles. The molecule has 0 saturated carbocycles. The lowest BCUT2D eigenvalue weighted by Crippen LogP contribution is -2.43. The van der Waals surface area contributed by atoms with Crippen LogP contribution < -0.4 is 0 Å². The van der Waals surface area contributed by atoms with Crippen LogP contribution in [-0.4, -0.2) is 53.5 Å². The lowest BCUT2D eigenvalue weighted by Gasteiger charge is -2.33. The summed E-state index contributed by atoms with van der Waals surface area (Å²) in [5.41, 5.74) is 0.381. The molecule has 1 saturated heterocycles. The number of rotatable bonds is 6. The van der Waals surface area contributed by atoms with E-state index in [9.17, 15) is 14.0 Å². The van der Waals surface area contributed by atoms with Crippen molar-refractivity contribution in [2.75, 3.05) is 26.7 Å². The number of carbonyl (C=O) groups is 2. The number of aryl methyl sites for hydroxylation is 1. The standard InChI is InChI=1S/C22H27ClFN3O3/c1-4-5-11-26(3)21(28)15-9-12-27(13-10-15)22(29)18-14(2)30-25-20(18)19-16(23)7-6-8-17(19)24/h6-8,15H,4-5,9-13H2,1-3H3. The number of unbranched alkanes of at least 4 members (excludes halogenated alkanes) is 1. The number of aromatic nitrogens is 1. The molecular formula is C22H27ClFN3O3. The minimum Gasteiger partial charge on any atom is -0.360 e. The van der Waals surface area contributed by atoms with Crippen LogP contribution in [0.15, 0.2) is 22.7 Å². The molecule has 1 aliphatic rings. The van der Waals surface area contributed by atoms with E-state index >= 15 is 0 Å². The van der Waals surface area contributed by atoms with Crippen molar-refractivity contribution in [3.63, 3.8) is 0 Å². The molecular weight excluding hydrogens is 409 g/mol. The molecule has 2 amide bonds.